The molecule has 0 amide bonds. The van der Waals surface area contributed by atoms with Crippen molar-refractivity contribution in [2.75, 3.05) is 46.6 Å². The van der Waals surface area contributed by atoms with Gasteiger partial charge in [-0.1, -0.05) is 6.92 Å². The van der Waals surface area contributed by atoms with Crippen LogP contribution in [0.15, 0.2) is 0 Å². The third kappa shape index (κ3) is 7.55. The van der Waals surface area contributed by atoms with Crippen LogP contribution in [0.3, 0.4) is 0 Å². The standard InChI is InChI=1S/C15H31NO4/c1-4-8-19-15-6-5-7-16(10-15)9-14(17)12-20-13(2)11-18-3/h13-15,17H,4-12H2,1-3H3. The van der Waals surface area contributed by atoms with Crippen molar-refractivity contribution in [1.29, 1.82) is 0 Å². The molecule has 1 rings (SSSR count). The molecule has 0 aromatic carbocycles. The second-order valence-corrected chi connectivity index (χ2v) is 5.65. The molecular weight excluding hydrogens is 258 g/mol. The second kappa shape index (κ2) is 10.5. The highest BCUT2D eigenvalue weighted by Gasteiger charge is 2.22. The summed E-state index contributed by atoms with van der Waals surface area (Å²) in [4.78, 5) is 2.28. The minimum Gasteiger partial charge on any atom is -0.389 e. The third-order valence-corrected chi connectivity index (χ3v) is 3.46. The van der Waals surface area contributed by atoms with Gasteiger partial charge in [0.15, 0.2) is 0 Å². The van der Waals surface area contributed by atoms with Crippen LogP contribution in [0.4, 0.5) is 0 Å². The number of aliphatic hydroxyl groups excluding tert-OH is 1. The van der Waals surface area contributed by atoms with Crippen molar-refractivity contribution < 1.29 is 19.3 Å². The van der Waals surface area contributed by atoms with Gasteiger partial charge in [-0.25, -0.2) is 0 Å². The molecule has 1 saturated heterocycles. The van der Waals surface area contributed by atoms with E-state index in [2.05, 4.69) is 11.8 Å². The van der Waals surface area contributed by atoms with Crippen LogP contribution in [0.2, 0.25) is 0 Å². The van der Waals surface area contributed by atoms with E-state index in [0.717, 1.165) is 39.0 Å². The Bertz CT molecular complexity index is 240. The van der Waals surface area contributed by atoms with E-state index < -0.39 is 6.10 Å². The highest BCUT2D eigenvalue weighted by Crippen LogP contribution is 2.14. The minimum absolute atomic E-state index is 0.0247. The SMILES string of the molecule is CCCOC1CCCN(CC(O)COC(C)COC)C1. The number of aliphatic hydroxyl groups is 1. The maximum absolute atomic E-state index is 10.0. The van der Waals surface area contributed by atoms with Crippen LogP contribution >= 0.6 is 0 Å². The van der Waals surface area contributed by atoms with Gasteiger partial charge in [0, 0.05) is 26.8 Å². The van der Waals surface area contributed by atoms with Gasteiger partial charge in [-0.15, -0.1) is 0 Å². The molecule has 0 saturated carbocycles. The second-order valence-electron chi connectivity index (χ2n) is 5.65. The first kappa shape index (κ1) is 17.9. The Labute approximate surface area is 123 Å². The van der Waals surface area contributed by atoms with E-state index in [0.29, 0.717) is 25.9 Å². The molecule has 0 bridgehead atoms. The number of ether oxygens (including phenoxy) is 3. The average Bonchev–Trinajstić information content (AvgIpc) is 2.44. The van der Waals surface area contributed by atoms with Gasteiger partial charge in [-0.3, -0.25) is 4.90 Å². The zero-order valence-electron chi connectivity index (χ0n) is 13.2. The number of piperidine rings is 1. The number of β-amino-alcohol motifs (C(OH)–C–C–N with tert-alkyl or cyclic N) is 1. The zero-order valence-corrected chi connectivity index (χ0v) is 13.2. The number of hydrogen-bond acceptors (Lipinski definition) is 5. The van der Waals surface area contributed by atoms with Crippen molar-refractivity contribution in [3.05, 3.63) is 0 Å². The Hall–Kier alpha value is -0.200. The lowest BCUT2D eigenvalue weighted by molar-refractivity contribution is -0.0518. The molecule has 1 aliphatic rings. The normalized spacial score (nSPS) is 23.7. The number of rotatable bonds is 10. The van der Waals surface area contributed by atoms with Crippen LogP contribution in [0.25, 0.3) is 0 Å². The third-order valence-electron chi connectivity index (χ3n) is 3.46. The van der Waals surface area contributed by atoms with Crippen molar-refractivity contribution in [1.82, 2.24) is 4.90 Å². The minimum atomic E-state index is -0.445. The van der Waals surface area contributed by atoms with Gasteiger partial charge in [0.1, 0.15) is 0 Å². The molecule has 5 heteroatoms. The maximum Gasteiger partial charge on any atom is 0.0900 e. The fourth-order valence-electron chi connectivity index (χ4n) is 2.51. The molecule has 1 aliphatic heterocycles. The summed E-state index contributed by atoms with van der Waals surface area (Å²) >= 11 is 0. The maximum atomic E-state index is 10.0. The lowest BCUT2D eigenvalue weighted by Gasteiger charge is -2.33. The molecule has 0 radical (unpaired) electrons. The molecular formula is C15H31NO4. The van der Waals surface area contributed by atoms with E-state index in [9.17, 15) is 5.11 Å². The lowest BCUT2D eigenvalue weighted by atomic mass is 10.1. The van der Waals surface area contributed by atoms with Crippen molar-refractivity contribution >= 4 is 0 Å². The van der Waals surface area contributed by atoms with Gasteiger partial charge >= 0.3 is 0 Å². The summed E-state index contributed by atoms with van der Waals surface area (Å²) in [5.41, 5.74) is 0. The quantitative estimate of drug-likeness (QED) is 0.657. The van der Waals surface area contributed by atoms with Gasteiger partial charge in [-0.05, 0) is 32.7 Å². The summed E-state index contributed by atoms with van der Waals surface area (Å²) in [6, 6.07) is 0. The summed E-state index contributed by atoms with van der Waals surface area (Å²) in [5, 5.41) is 10.0. The largest absolute Gasteiger partial charge is 0.389 e. The molecule has 0 aliphatic carbocycles. The zero-order chi connectivity index (χ0) is 14.8. The summed E-state index contributed by atoms with van der Waals surface area (Å²) in [6.07, 6.45) is 3.24. The topological polar surface area (TPSA) is 51.2 Å². The molecule has 3 unspecified atom stereocenters. The van der Waals surface area contributed by atoms with Gasteiger partial charge in [-0.2, -0.15) is 0 Å². The first-order valence-corrected chi connectivity index (χ1v) is 7.78. The average molecular weight is 289 g/mol. The summed E-state index contributed by atoms with van der Waals surface area (Å²) in [5.74, 6) is 0. The van der Waals surface area contributed by atoms with Gasteiger partial charge in [0.25, 0.3) is 0 Å². The van der Waals surface area contributed by atoms with Crippen LogP contribution in [-0.4, -0.2) is 74.9 Å². The Morgan fingerprint density at radius 1 is 1.35 bits per heavy atom. The number of likely N-dealkylation sites (tertiary alicyclic amines) is 1. The van der Waals surface area contributed by atoms with Gasteiger partial charge < -0.3 is 19.3 Å². The Balaban J connectivity index is 2.18. The molecule has 120 valence electrons. The first-order valence-electron chi connectivity index (χ1n) is 7.78. The highest BCUT2D eigenvalue weighted by atomic mass is 16.5. The summed E-state index contributed by atoms with van der Waals surface area (Å²) in [6.45, 7) is 8.45. The van der Waals surface area contributed by atoms with E-state index in [1.54, 1.807) is 7.11 Å². The Morgan fingerprint density at radius 3 is 2.85 bits per heavy atom. The number of nitrogens with zero attached hydrogens (tertiary/aromatic N) is 1. The molecule has 3 atom stereocenters. The molecule has 1 N–H and O–H groups in total. The predicted octanol–water partition coefficient (Wildman–Crippen LogP) is 1.29. The number of methoxy groups -OCH3 is 1. The lowest BCUT2D eigenvalue weighted by Crippen LogP contribution is -2.44. The van der Waals surface area contributed by atoms with Crippen LogP contribution in [-0.2, 0) is 14.2 Å². The van der Waals surface area contributed by atoms with E-state index in [4.69, 9.17) is 14.2 Å². The summed E-state index contributed by atoms with van der Waals surface area (Å²) < 4.78 is 16.4. The van der Waals surface area contributed by atoms with E-state index in [-0.39, 0.29) is 6.10 Å². The van der Waals surface area contributed by atoms with Gasteiger partial charge in [0.05, 0.1) is 31.5 Å². The molecule has 0 spiro atoms. The summed E-state index contributed by atoms with van der Waals surface area (Å²) in [7, 11) is 1.65. The van der Waals surface area contributed by atoms with E-state index in [1.165, 1.54) is 0 Å². The Kier molecular flexibility index (Phi) is 9.39. The fourth-order valence-corrected chi connectivity index (χ4v) is 2.51. The predicted molar refractivity (Wildman–Crippen MR) is 79.0 cm³/mol. The first-order chi connectivity index (χ1) is 9.65. The Morgan fingerprint density at radius 2 is 2.15 bits per heavy atom. The van der Waals surface area contributed by atoms with Crippen LogP contribution in [0, 0.1) is 0 Å². The molecule has 0 aromatic rings. The van der Waals surface area contributed by atoms with Crippen LogP contribution in [0.5, 0.6) is 0 Å². The monoisotopic (exact) mass is 289 g/mol. The highest BCUT2D eigenvalue weighted by molar-refractivity contribution is 4.75. The van der Waals surface area contributed by atoms with Crippen molar-refractivity contribution in [3.8, 4) is 0 Å². The van der Waals surface area contributed by atoms with E-state index in [1.807, 2.05) is 6.92 Å². The van der Waals surface area contributed by atoms with Crippen LogP contribution < -0.4 is 0 Å². The van der Waals surface area contributed by atoms with E-state index >= 15 is 0 Å². The fraction of sp³-hybridized carbons (Fsp3) is 1.00. The smallest absolute Gasteiger partial charge is 0.0900 e. The van der Waals surface area contributed by atoms with Crippen molar-refractivity contribution in [2.24, 2.45) is 0 Å². The van der Waals surface area contributed by atoms with Gasteiger partial charge in [0.2, 0.25) is 0 Å². The van der Waals surface area contributed by atoms with Crippen molar-refractivity contribution in [3.63, 3.8) is 0 Å². The van der Waals surface area contributed by atoms with Crippen LogP contribution in [0.1, 0.15) is 33.1 Å². The molecule has 20 heavy (non-hydrogen) atoms. The number of hydrogen-bond donors (Lipinski definition) is 1. The molecule has 5 nitrogen and oxygen atoms in total. The molecule has 0 aromatic heterocycles. The molecule has 1 heterocycles. The molecule has 1 fully saturated rings. The van der Waals surface area contributed by atoms with Crippen molar-refractivity contribution in [2.45, 2.75) is 51.4 Å².